The van der Waals surface area contributed by atoms with Crippen LogP contribution in [0.4, 0.5) is 5.69 Å². The third-order valence-corrected chi connectivity index (χ3v) is 7.80. The summed E-state index contributed by atoms with van der Waals surface area (Å²) in [5.74, 6) is -0.349. The van der Waals surface area contributed by atoms with Gasteiger partial charge in [-0.3, -0.25) is 9.00 Å². The fraction of sp³-hybridized carbons (Fsp3) is 0.350. The number of nitrogens with zero attached hydrogens (tertiary/aromatic N) is 1. The second kappa shape index (κ2) is 8.55. The first-order chi connectivity index (χ1) is 13.3. The average Bonchev–Trinajstić information content (AvgIpc) is 2.70. The summed E-state index contributed by atoms with van der Waals surface area (Å²) in [5, 5.41) is 2.75. The van der Waals surface area contributed by atoms with Crippen molar-refractivity contribution < 1.29 is 17.4 Å². The van der Waals surface area contributed by atoms with Crippen molar-refractivity contribution in [3.63, 3.8) is 0 Å². The van der Waals surface area contributed by atoms with Gasteiger partial charge in [0.15, 0.2) is 0 Å². The molecule has 0 radical (unpaired) electrons. The molecule has 1 unspecified atom stereocenters. The summed E-state index contributed by atoms with van der Waals surface area (Å²) in [6.45, 7) is 2.82. The Balaban J connectivity index is 1.82. The van der Waals surface area contributed by atoms with Gasteiger partial charge < -0.3 is 5.32 Å². The lowest BCUT2D eigenvalue weighted by molar-refractivity contribution is 0.102. The highest BCUT2D eigenvalue weighted by atomic mass is 32.2. The average molecular weight is 421 g/mol. The van der Waals surface area contributed by atoms with E-state index in [9.17, 15) is 17.4 Å². The number of anilines is 1. The minimum absolute atomic E-state index is 0.226. The van der Waals surface area contributed by atoms with Crippen LogP contribution in [-0.4, -0.2) is 42.2 Å². The van der Waals surface area contributed by atoms with Crippen LogP contribution in [-0.2, 0) is 20.8 Å². The van der Waals surface area contributed by atoms with E-state index in [1.165, 1.54) is 10.4 Å². The van der Waals surface area contributed by atoms with Crippen molar-refractivity contribution in [1.29, 1.82) is 0 Å². The van der Waals surface area contributed by atoms with Crippen LogP contribution in [0.15, 0.2) is 52.3 Å². The number of piperidine rings is 1. The van der Waals surface area contributed by atoms with Crippen LogP contribution in [0, 0.1) is 6.92 Å². The van der Waals surface area contributed by atoms with E-state index in [-0.39, 0.29) is 10.8 Å². The van der Waals surface area contributed by atoms with Crippen LogP contribution in [0.2, 0.25) is 0 Å². The first-order valence-corrected chi connectivity index (χ1v) is 12.1. The molecule has 1 aliphatic heterocycles. The molecule has 0 aromatic heterocycles. The van der Waals surface area contributed by atoms with E-state index in [0.717, 1.165) is 19.3 Å². The zero-order valence-corrected chi connectivity index (χ0v) is 17.6. The van der Waals surface area contributed by atoms with Gasteiger partial charge in [-0.05, 0) is 61.7 Å². The Labute approximate surface area is 168 Å². The molecule has 1 heterocycles. The quantitative estimate of drug-likeness (QED) is 0.805. The second-order valence-electron chi connectivity index (χ2n) is 6.88. The molecule has 1 amide bonds. The van der Waals surface area contributed by atoms with E-state index < -0.39 is 20.8 Å². The van der Waals surface area contributed by atoms with E-state index in [4.69, 9.17) is 0 Å². The SMILES string of the molecule is Cc1ccc(NC(=O)c2ccc(S(C)=O)cc2)cc1S(=O)(=O)N1CCCCC1. The number of carbonyl (C=O) groups is 1. The molecular formula is C20H24N2O4S2. The normalized spacial score (nSPS) is 16.5. The van der Waals surface area contributed by atoms with Gasteiger partial charge in [0.05, 0.1) is 4.90 Å². The molecule has 1 N–H and O–H groups in total. The molecule has 0 saturated carbocycles. The standard InChI is InChI=1S/C20H24N2O4S2/c1-15-6-9-17(14-19(15)28(25,26)22-12-4-3-5-13-22)21-20(23)16-7-10-18(11-8-16)27(2)24/h6-11,14H,3-5,12-13H2,1-2H3,(H,21,23). The van der Waals surface area contributed by atoms with Gasteiger partial charge in [0, 0.05) is 46.3 Å². The number of rotatable bonds is 5. The Bertz CT molecular complexity index is 995. The molecule has 0 bridgehead atoms. The minimum Gasteiger partial charge on any atom is -0.322 e. The zero-order chi connectivity index (χ0) is 20.3. The van der Waals surface area contributed by atoms with Crippen molar-refractivity contribution in [2.75, 3.05) is 24.7 Å². The van der Waals surface area contributed by atoms with E-state index in [2.05, 4.69) is 5.32 Å². The van der Waals surface area contributed by atoms with Crippen LogP contribution < -0.4 is 5.32 Å². The highest BCUT2D eigenvalue weighted by Crippen LogP contribution is 2.26. The zero-order valence-electron chi connectivity index (χ0n) is 16.0. The van der Waals surface area contributed by atoms with Gasteiger partial charge in [0.2, 0.25) is 10.0 Å². The summed E-state index contributed by atoms with van der Waals surface area (Å²) < 4.78 is 39.0. The van der Waals surface area contributed by atoms with Crippen LogP contribution in [0.3, 0.4) is 0 Å². The predicted octanol–water partition coefficient (Wildman–Crippen LogP) is 3.16. The molecule has 0 aliphatic carbocycles. The lowest BCUT2D eigenvalue weighted by Gasteiger charge is -2.26. The third-order valence-electron chi connectivity index (χ3n) is 4.83. The van der Waals surface area contributed by atoms with Gasteiger partial charge in [0.1, 0.15) is 0 Å². The van der Waals surface area contributed by atoms with Gasteiger partial charge in [-0.15, -0.1) is 0 Å². The number of aryl methyl sites for hydroxylation is 1. The fourth-order valence-corrected chi connectivity index (χ4v) is 5.49. The topological polar surface area (TPSA) is 83.5 Å². The van der Waals surface area contributed by atoms with Crippen molar-refractivity contribution in [3.05, 3.63) is 53.6 Å². The van der Waals surface area contributed by atoms with Gasteiger partial charge in [-0.25, -0.2) is 8.42 Å². The first-order valence-electron chi connectivity index (χ1n) is 9.15. The summed E-state index contributed by atoms with van der Waals surface area (Å²) in [6, 6.07) is 11.4. The summed E-state index contributed by atoms with van der Waals surface area (Å²) in [4.78, 5) is 13.4. The van der Waals surface area contributed by atoms with Crippen molar-refractivity contribution >= 4 is 32.4 Å². The Kier molecular flexibility index (Phi) is 6.32. The van der Waals surface area contributed by atoms with Gasteiger partial charge in [0.25, 0.3) is 5.91 Å². The number of hydrogen-bond donors (Lipinski definition) is 1. The molecule has 0 spiro atoms. The number of benzene rings is 2. The summed E-state index contributed by atoms with van der Waals surface area (Å²) >= 11 is 0. The Hall–Kier alpha value is -2.03. The number of nitrogens with one attached hydrogen (secondary N) is 1. The summed E-state index contributed by atoms with van der Waals surface area (Å²) in [5.41, 5.74) is 1.49. The Morgan fingerprint density at radius 3 is 2.29 bits per heavy atom. The molecule has 1 atom stereocenters. The highest BCUT2D eigenvalue weighted by Gasteiger charge is 2.27. The molecule has 1 fully saturated rings. The van der Waals surface area contributed by atoms with Crippen molar-refractivity contribution in [3.8, 4) is 0 Å². The van der Waals surface area contributed by atoms with Crippen LogP contribution in [0.25, 0.3) is 0 Å². The highest BCUT2D eigenvalue weighted by molar-refractivity contribution is 7.89. The lowest BCUT2D eigenvalue weighted by Crippen LogP contribution is -2.36. The monoisotopic (exact) mass is 420 g/mol. The molecule has 2 aromatic carbocycles. The maximum Gasteiger partial charge on any atom is 0.255 e. The number of sulfonamides is 1. The van der Waals surface area contributed by atoms with E-state index in [0.29, 0.717) is 34.8 Å². The van der Waals surface area contributed by atoms with Crippen LogP contribution >= 0.6 is 0 Å². The van der Waals surface area contributed by atoms with Crippen LogP contribution in [0.5, 0.6) is 0 Å². The summed E-state index contributed by atoms with van der Waals surface area (Å²) in [6.07, 6.45) is 4.36. The smallest absolute Gasteiger partial charge is 0.255 e. The molecule has 28 heavy (non-hydrogen) atoms. The van der Waals surface area contributed by atoms with Crippen molar-refractivity contribution in [2.24, 2.45) is 0 Å². The maximum absolute atomic E-state index is 13.0. The molecule has 8 heteroatoms. The van der Waals surface area contributed by atoms with Crippen molar-refractivity contribution in [1.82, 2.24) is 4.31 Å². The van der Waals surface area contributed by atoms with Gasteiger partial charge in [-0.2, -0.15) is 4.31 Å². The molecule has 2 aromatic rings. The van der Waals surface area contributed by atoms with E-state index >= 15 is 0 Å². The lowest BCUT2D eigenvalue weighted by atomic mass is 10.2. The Morgan fingerprint density at radius 2 is 1.68 bits per heavy atom. The maximum atomic E-state index is 13.0. The Morgan fingerprint density at radius 1 is 1.04 bits per heavy atom. The van der Waals surface area contributed by atoms with E-state index in [1.54, 1.807) is 49.6 Å². The fourth-order valence-electron chi connectivity index (χ4n) is 3.20. The van der Waals surface area contributed by atoms with E-state index in [1.807, 2.05) is 0 Å². The molecule has 150 valence electrons. The van der Waals surface area contributed by atoms with Gasteiger partial charge in [-0.1, -0.05) is 12.5 Å². The molecule has 3 rings (SSSR count). The molecule has 6 nitrogen and oxygen atoms in total. The number of amides is 1. The third kappa shape index (κ3) is 4.51. The first kappa shape index (κ1) is 20.7. The van der Waals surface area contributed by atoms with Crippen molar-refractivity contribution in [2.45, 2.75) is 36.0 Å². The molecule has 1 aliphatic rings. The second-order valence-corrected chi connectivity index (χ2v) is 10.2. The summed E-state index contributed by atoms with van der Waals surface area (Å²) in [7, 11) is -4.69. The largest absolute Gasteiger partial charge is 0.322 e. The number of hydrogen-bond acceptors (Lipinski definition) is 4. The van der Waals surface area contributed by atoms with Gasteiger partial charge >= 0.3 is 0 Å². The molecular weight excluding hydrogens is 396 g/mol. The minimum atomic E-state index is -3.58. The van der Waals surface area contributed by atoms with Crippen LogP contribution in [0.1, 0.15) is 35.2 Å². The number of carbonyl (C=O) groups excluding carboxylic acids is 1. The predicted molar refractivity (Wildman–Crippen MR) is 111 cm³/mol. The molecule has 1 saturated heterocycles.